The molecule has 30 heavy (non-hydrogen) atoms. The van der Waals surface area contributed by atoms with Crippen LogP contribution >= 0.6 is 23.4 Å². The number of thioether (sulfide) groups is 1. The lowest BCUT2D eigenvalue weighted by Gasteiger charge is -2.15. The summed E-state index contributed by atoms with van der Waals surface area (Å²) in [5, 5.41) is 3.55. The van der Waals surface area contributed by atoms with Crippen molar-refractivity contribution in [3.8, 4) is 5.75 Å². The fraction of sp³-hybridized carbons (Fsp3) is 0.318. The maximum Gasteiger partial charge on any atom is 0.242 e. The highest BCUT2D eigenvalue weighted by atomic mass is 35.5. The van der Waals surface area contributed by atoms with E-state index in [1.807, 2.05) is 38.1 Å². The first-order valence-corrected chi connectivity index (χ1v) is 10.9. The Balaban J connectivity index is 1.73. The highest BCUT2D eigenvalue weighted by Gasteiger charge is 2.38. The summed E-state index contributed by atoms with van der Waals surface area (Å²) in [6, 6.07) is 12.7. The van der Waals surface area contributed by atoms with E-state index in [9.17, 15) is 9.59 Å². The molecule has 1 atom stereocenters. The molecule has 2 amide bonds. The number of methoxy groups -OCH3 is 1. The van der Waals surface area contributed by atoms with Gasteiger partial charge in [0.1, 0.15) is 11.0 Å². The molecule has 8 heteroatoms. The number of carbonyl (C=O) groups excluding carboxylic acids is 2. The van der Waals surface area contributed by atoms with Gasteiger partial charge in [0.15, 0.2) is 5.17 Å². The van der Waals surface area contributed by atoms with Crippen molar-refractivity contribution in [2.24, 2.45) is 4.99 Å². The predicted octanol–water partition coefficient (Wildman–Crippen LogP) is 5.03. The highest BCUT2D eigenvalue weighted by Crippen LogP contribution is 2.32. The number of benzene rings is 2. The molecule has 1 unspecified atom stereocenters. The van der Waals surface area contributed by atoms with E-state index in [-0.39, 0.29) is 18.2 Å². The zero-order chi connectivity index (χ0) is 21.7. The Bertz CT molecular complexity index is 963. The lowest BCUT2D eigenvalue weighted by atomic mass is 10.2. The van der Waals surface area contributed by atoms with Crippen molar-refractivity contribution in [3.05, 3.63) is 53.1 Å². The molecule has 3 rings (SSSR count). The highest BCUT2D eigenvalue weighted by molar-refractivity contribution is 8.15. The summed E-state index contributed by atoms with van der Waals surface area (Å²) >= 11 is 7.45. The first-order chi connectivity index (χ1) is 14.4. The van der Waals surface area contributed by atoms with Gasteiger partial charge in [0.05, 0.1) is 12.8 Å². The number of amides is 2. The van der Waals surface area contributed by atoms with Gasteiger partial charge < -0.3 is 10.1 Å². The Morgan fingerprint density at radius 3 is 2.67 bits per heavy atom. The summed E-state index contributed by atoms with van der Waals surface area (Å²) in [6.07, 6.45) is 0.867. The Morgan fingerprint density at radius 1 is 1.27 bits per heavy atom. The Labute approximate surface area is 185 Å². The van der Waals surface area contributed by atoms with Gasteiger partial charge in [-0.3, -0.25) is 14.5 Å². The lowest BCUT2D eigenvalue weighted by molar-refractivity contribution is -0.128. The number of aliphatic imine (C=N–C) groups is 1. The molecule has 0 aliphatic carbocycles. The zero-order valence-electron chi connectivity index (χ0n) is 17.1. The molecule has 0 saturated carbocycles. The maximum atomic E-state index is 12.9. The third-order valence-electron chi connectivity index (χ3n) is 4.68. The van der Waals surface area contributed by atoms with Gasteiger partial charge in [0.25, 0.3) is 0 Å². The van der Waals surface area contributed by atoms with E-state index in [1.165, 1.54) is 11.8 Å². The number of carbonyl (C=O) groups is 2. The van der Waals surface area contributed by atoms with Gasteiger partial charge in [0.2, 0.25) is 11.8 Å². The molecule has 1 fully saturated rings. The van der Waals surface area contributed by atoms with Crippen LogP contribution in [0, 0.1) is 6.92 Å². The van der Waals surface area contributed by atoms with E-state index in [4.69, 9.17) is 16.3 Å². The summed E-state index contributed by atoms with van der Waals surface area (Å²) in [6.45, 7) is 4.41. The first kappa shape index (κ1) is 22.2. The van der Waals surface area contributed by atoms with Crippen molar-refractivity contribution in [2.75, 3.05) is 19.0 Å². The SMILES string of the molecule is CCCN1C(=O)C(CC(=O)Nc2cccc(Cl)c2C)SC1=Nc1ccc(OC)cc1. The summed E-state index contributed by atoms with van der Waals surface area (Å²) in [4.78, 5) is 31.8. The minimum absolute atomic E-state index is 0.0668. The van der Waals surface area contributed by atoms with Crippen molar-refractivity contribution in [1.29, 1.82) is 0 Å². The Kier molecular flexibility index (Phi) is 7.39. The van der Waals surface area contributed by atoms with Crippen molar-refractivity contribution in [3.63, 3.8) is 0 Å². The molecule has 0 bridgehead atoms. The molecule has 6 nitrogen and oxygen atoms in total. The van der Waals surface area contributed by atoms with Gasteiger partial charge in [-0.2, -0.15) is 0 Å². The van der Waals surface area contributed by atoms with Crippen molar-refractivity contribution in [2.45, 2.75) is 31.9 Å². The molecule has 1 N–H and O–H groups in total. The number of anilines is 1. The van der Waals surface area contributed by atoms with Crippen LogP contribution in [0.2, 0.25) is 5.02 Å². The number of ether oxygens (including phenoxy) is 1. The molecule has 0 spiro atoms. The summed E-state index contributed by atoms with van der Waals surface area (Å²) < 4.78 is 5.17. The van der Waals surface area contributed by atoms with Gasteiger partial charge in [-0.1, -0.05) is 36.4 Å². The number of nitrogens with zero attached hydrogens (tertiary/aromatic N) is 2. The number of halogens is 1. The number of hydrogen-bond acceptors (Lipinski definition) is 5. The van der Waals surface area contributed by atoms with Crippen LogP contribution in [0.4, 0.5) is 11.4 Å². The second-order valence-corrected chi connectivity index (χ2v) is 8.43. The average molecular weight is 446 g/mol. The Morgan fingerprint density at radius 2 is 2.00 bits per heavy atom. The van der Waals surface area contributed by atoms with E-state index in [0.717, 1.165) is 23.4 Å². The van der Waals surface area contributed by atoms with Crippen molar-refractivity contribution in [1.82, 2.24) is 4.90 Å². The molecule has 0 radical (unpaired) electrons. The second-order valence-electron chi connectivity index (χ2n) is 6.85. The van der Waals surface area contributed by atoms with Crippen LogP contribution < -0.4 is 10.1 Å². The molecule has 1 aliphatic heterocycles. The molecule has 158 valence electrons. The maximum absolute atomic E-state index is 12.9. The minimum atomic E-state index is -0.506. The average Bonchev–Trinajstić information content (AvgIpc) is 3.01. The van der Waals surface area contributed by atoms with E-state index >= 15 is 0 Å². The number of nitrogens with one attached hydrogen (secondary N) is 1. The molecule has 2 aromatic rings. The minimum Gasteiger partial charge on any atom is -0.497 e. The molecule has 1 heterocycles. The van der Waals surface area contributed by atoms with Crippen molar-refractivity contribution >= 4 is 51.7 Å². The van der Waals surface area contributed by atoms with E-state index in [1.54, 1.807) is 30.2 Å². The normalized spacial score (nSPS) is 17.5. The fourth-order valence-electron chi connectivity index (χ4n) is 3.03. The van der Waals surface area contributed by atoms with Crippen LogP contribution in [0.3, 0.4) is 0 Å². The quantitative estimate of drug-likeness (QED) is 0.649. The van der Waals surface area contributed by atoms with Crippen LogP contribution in [0.15, 0.2) is 47.5 Å². The molecular formula is C22H24ClN3O3S. The van der Waals surface area contributed by atoms with Gasteiger partial charge in [-0.15, -0.1) is 0 Å². The lowest BCUT2D eigenvalue weighted by Crippen LogP contribution is -2.34. The van der Waals surface area contributed by atoms with Crippen LogP contribution in [0.1, 0.15) is 25.3 Å². The standard InChI is InChI=1S/C22H24ClN3O3S/c1-4-12-26-21(28)19(13-20(27)25-18-7-5-6-17(23)14(18)2)30-22(26)24-15-8-10-16(29-3)11-9-15/h5-11,19H,4,12-13H2,1-3H3,(H,25,27). The molecular weight excluding hydrogens is 422 g/mol. The van der Waals surface area contributed by atoms with E-state index < -0.39 is 5.25 Å². The summed E-state index contributed by atoms with van der Waals surface area (Å²) in [5.41, 5.74) is 2.18. The first-order valence-electron chi connectivity index (χ1n) is 9.68. The van der Waals surface area contributed by atoms with Crippen LogP contribution in [0.25, 0.3) is 0 Å². The smallest absolute Gasteiger partial charge is 0.242 e. The van der Waals surface area contributed by atoms with E-state index in [2.05, 4.69) is 10.3 Å². The topological polar surface area (TPSA) is 71.0 Å². The van der Waals surface area contributed by atoms with Gasteiger partial charge in [-0.05, 0) is 55.3 Å². The van der Waals surface area contributed by atoms with Crippen LogP contribution in [-0.2, 0) is 9.59 Å². The zero-order valence-corrected chi connectivity index (χ0v) is 18.7. The monoisotopic (exact) mass is 445 g/mol. The predicted molar refractivity (Wildman–Crippen MR) is 123 cm³/mol. The number of hydrogen-bond donors (Lipinski definition) is 1. The molecule has 1 aliphatic rings. The molecule has 1 saturated heterocycles. The Hall–Kier alpha value is -2.51. The number of rotatable bonds is 7. The molecule has 0 aromatic heterocycles. The largest absolute Gasteiger partial charge is 0.497 e. The van der Waals surface area contributed by atoms with Crippen molar-refractivity contribution < 1.29 is 14.3 Å². The van der Waals surface area contributed by atoms with Crippen LogP contribution in [-0.4, -0.2) is 40.8 Å². The summed E-state index contributed by atoms with van der Waals surface area (Å²) in [7, 11) is 1.61. The second kappa shape index (κ2) is 10.00. The third kappa shape index (κ3) is 5.15. The summed E-state index contributed by atoms with van der Waals surface area (Å²) in [5.74, 6) is 0.422. The number of amidine groups is 1. The van der Waals surface area contributed by atoms with E-state index in [0.29, 0.717) is 22.4 Å². The fourth-order valence-corrected chi connectivity index (χ4v) is 4.39. The third-order valence-corrected chi connectivity index (χ3v) is 6.26. The van der Waals surface area contributed by atoms with Gasteiger partial charge in [0, 0.05) is 23.7 Å². The molecule has 2 aromatic carbocycles. The van der Waals surface area contributed by atoms with Gasteiger partial charge in [-0.25, -0.2) is 4.99 Å². The van der Waals surface area contributed by atoms with Gasteiger partial charge >= 0.3 is 0 Å². The van der Waals surface area contributed by atoms with Crippen LogP contribution in [0.5, 0.6) is 5.75 Å².